The fourth-order valence-corrected chi connectivity index (χ4v) is 7.25. The lowest BCUT2D eigenvalue weighted by atomic mass is 9.85. The van der Waals surface area contributed by atoms with Gasteiger partial charge in [0.25, 0.3) is 0 Å². The summed E-state index contributed by atoms with van der Waals surface area (Å²) in [5, 5.41) is 41.4. The molecule has 0 bridgehead atoms. The van der Waals surface area contributed by atoms with Crippen molar-refractivity contribution in [1.82, 2.24) is 0 Å². The first-order chi connectivity index (χ1) is 26.2. The third kappa shape index (κ3) is 8.65. The van der Waals surface area contributed by atoms with Crippen LogP contribution in [-0.2, 0) is 6.42 Å². The molecule has 0 spiro atoms. The molecule has 4 N–H and O–H groups in total. The molecule has 6 rings (SSSR count). The zero-order chi connectivity index (χ0) is 39.6. The fourth-order valence-electron chi connectivity index (χ4n) is 7.25. The molecule has 6 aromatic carbocycles. The summed E-state index contributed by atoms with van der Waals surface area (Å²) in [6, 6.07) is 31.9. The Kier molecular flexibility index (Phi) is 11.3. The van der Waals surface area contributed by atoms with Gasteiger partial charge in [-0.2, -0.15) is 0 Å². The second-order valence-corrected chi connectivity index (χ2v) is 15.0. The molecule has 0 heterocycles. The largest absolute Gasteiger partial charge is 0.508 e. The van der Waals surface area contributed by atoms with Crippen LogP contribution in [0.15, 0.2) is 107 Å². The summed E-state index contributed by atoms with van der Waals surface area (Å²) in [5.74, 6) is 0.751. The van der Waals surface area contributed by atoms with Crippen LogP contribution < -0.4 is 0 Å². The molecule has 0 saturated carbocycles. The van der Waals surface area contributed by atoms with E-state index in [1.54, 1.807) is 24.3 Å². The minimum Gasteiger partial charge on any atom is -0.508 e. The molecule has 6 heteroatoms. The van der Waals surface area contributed by atoms with Crippen molar-refractivity contribution in [3.63, 3.8) is 0 Å². The van der Waals surface area contributed by atoms with Crippen molar-refractivity contribution in [2.24, 2.45) is 9.98 Å². The van der Waals surface area contributed by atoms with Gasteiger partial charge in [-0.3, -0.25) is 9.98 Å². The lowest BCUT2D eigenvalue weighted by molar-refractivity contribution is 0.469. The molecule has 55 heavy (non-hydrogen) atoms. The first-order valence-electron chi connectivity index (χ1n) is 18.6. The number of aryl methyl sites for hydroxylation is 8. The maximum absolute atomic E-state index is 10.3. The number of aliphatic imine (C=N–C) groups is 2. The van der Waals surface area contributed by atoms with Gasteiger partial charge in [-0.1, -0.05) is 48.5 Å². The number of hydrogen-bond acceptors (Lipinski definition) is 6. The highest BCUT2D eigenvalue weighted by molar-refractivity contribution is 5.79. The summed E-state index contributed by atoms with van der Waals surface area (Å²) in [5.41, 5.74) is 15.4. The van der Waals surface area contributed by atoms with Crippen molar-refractivity contribution in [2.75, 3.05) is 0 Å². The highest BCUT2D eigenvalue weighted by Gasteiger charge is 2.21. The molecule has 0 amide bonds. The molecule has 0 aliphatic heterocycles. The molecule has 6 aromatic rings. The van der Waals surface area contributed by atoms with Crippen molar-refractivity contribution >= 4 is 23.8 Å². The van der Waals surface area contributed by atoms with Crippen LogP contribution in [0.3, 0.4) is 0 Å². The molecule has 0 aromatic heterocycles. The number of hydrogen-bond donors (Lipinski definition) is 4. The third-order valence-corrected chi connectivity index (χ3v) is 10.7. The number of benzene rings is 6. The highest BCUT2D eigenvalue weighted by atomic mass is 16.3. The average molecular weight is 731 g/mol. The first-order valence-corrected chi connectivity index (χ1v) is 18.6. The Morgan fingerprint density at radius 1 is 0.382 bits per heavy atom. The Morgan fingerprint density at radius 2 is 0.636 bits per heavy atom. The zero-order valence-electron chi connectivity index (χ0n) is 32.9. The molecule has 0 saturated heterocycles. The van der Waals surface area contributed by atoms with Crippen molar-refractivity contribution in [1.29, 1.82) is 0 Å². The van der Waals surface area contributed by atoms with Crippen LogP contribution >= 0.6 is 0 Å². The molecule has 6 nitrogen and oxygen atoms in total. The quantitative estimate of drug-likeness (QED) is 0.105. The standard InChI is InChI=1S/C49H50N2O4/c1-28-21-46(52)32(5)17-40(28)44(41-18-33(6)47(53)22-29(41)2)26-50-38-13-9-36(10-14-38)25-37-11-15-39(16-12-37)51-27-45(42-19-34(7)48(54)23-30(42)3)43-20-35(8)49(55)24-31(43)4/h9-24,26-27,44-45,52-55H,25H2,1-8H3. The molecule has 0 radical (unpaired) electrons. The van der Waals surface area contributed by atoms with E-state index in [1.165, 1.54) is 0 Å². The van der Waals surface area contributed by atoms with E-state index in [2.05, 4.69) is 24.3 Å². The second-order valence-electron chi connectivity index (χ2n) is 15.0. The van der Waals surface area contributed by atoms with Gasteiger partial charge in [0, 0.05) is 24.3 Å². The Morgan fingerprint density at radius 3 is 0.891 bits per heavy atom. The van der Waals surface area contributed by atoms with Gasteiger partial charge in [-0.05, 0) is 188 Å². The third-order valence-electron chi connectivity index (χ3n) is 10.7. The van der Waals surface area contributed by atoms with Gasteiger partial charge in [0.15, 0.2) is 0 Å². The van der Waals surface area contributed by atoms with Crippen LogP contribution in [0.1, 0.15) is 89.7 Å². The summed E-state index contributed by atoms with van der Waals surface area (Å²) in [6.07, 6.45) is 4.69. The average Bonchev–Trinajstić information content (AvgIpc) is 3.14. The van der Waals surface area contributed by atoms with Crippen molar-refractivity contribution in [3.05, 3.63) is 175 Å². The van der Waals surface area contributed by atoms with Gasteiger partial charge in [0.2, 0.25) is 0 Å². The molecule has 0 atom stereocenters. The molecular formula is C49H50N2O4. The summed E-state index contributed by atoms with van der Waals surface area (Å²) in [4.78, 5) is 9.84. The molecular weight excluding hydrogens is 681 g/mol. The number of phenols is 4. The molecule has 0 aliphatic rings. The highest BCUT2D eigenvalue weighted by Crippen LogP contribution is 2.37. The number of aromatic hydroxyl groups is 4. The van der Waals surface area contributed by atoms with Gasteiger partial charge in [0.05, 0.1) is 11.4 Å². The van der Waals surface area contributed by atoms with Gasteiger partial charge < -0.3 is 20.4 Å². The maximum Gasteiger partial charge on any atom is 0.118 e. The van der Waals surface area contributed by atoms with Crippen LogP contribution in [-0.4, -0.2) is 32.9 Å². The second kappa shape index (κ2) is 16.1. The Labute approximate surface area is 324 Å². The van der Waals surface area contributed by atoms with E-state index in [9.17, 15) is 20.4 Å². The Hall–Kier alpha value is -6.14. The Bertz CT molecular complexity index is 2140. The van der Waals surface area contributed by atoms with Gasteiger partial charge >= 0.3 is 0 Å². The topological polar surface area (TPSA) is 106 Å². The maximum atomic E-state index is 10.3. The first kappa shape index (κ1) is 38.6. The zero-order valence-corrected chi connectivity index (χ0v) is 32.9. The van der Waals surface area contributed by atoms with E-state index in [0.29, 0.717) is 0 Å². The van der Waals surface area contributed by atoms with Crippen LogP contribution in [0, 0.1) is 55.4 Å². The molecule has 280 valence electrons. The molecule has 0 fully saturated rings. The summed E-state index contributed by atoms with van der Waals surface area (Å²) >= 11 is 0. The lowest BCUT2D eigenvalue weighted by Crippen LogP contribution is -2.08. The monoisotopic (exact) mass is 730 g/mol. The summed E-state index contributed by atoms with van der Waals surface area (Å²) in [7, 11) is 0. The van der Waals surface area contributed by atoms with Crippen LogP contribution in [0.5, 0.6) is 23.0 Å². The SMILES string of the molecule is Cc1cc(C(C=Nc2ccc(Cc3ccc(N=CC(c4cc(C)c(O)cc4C)c4cc(C)c(O)cc4C)cc3)cc2)c2cc(C)c(O)cc2C)c(C)cc1O. The van der Waals surface area contributed by atoms with Crippen LogP contribution in [0.2, 0.25) is 0 Å². The minimum absolute atomic E-state index is 0.168. The van der Waals surface area contributed by atoms with Crippen molar-refractivity contribution in [2.45, 2.75) is 73.6 Å². The molecule has 0 unspecified atom stereocenters. The van der Waals surface area contributed by atoms with Gasteiger partial charge in [-0.25, -0.2) is 0 Å². The fraction of sp³-hybridized carbons (Fsp3) is 0.224. The minimum atomic E-state index is -0.168. The number of nitrogens with zero attached hydrogens (tertiary/aromatic N) is 2. The van der Waals surface area contributed by atoms with Crippen LogP contribution in [0.25, 0.3) is 0 Å². The normalized spacial score (nSPS) is 11.8. The number of rotatable bonds is 10. The Balaban J connectivity index is 1.21. The van der Waals surface area contributed by atoms with E-state index < -0.39 is 0 Å². The van der Waals surface area contributed by atoms with E-state index in [0.717, 1.165) is 95.7 Å². The van der Waals surface area contributed by atoms with E-state index in [-0.39, 0.29) is 34.8 Å². The van der Waals surface area contributed by atoms with Gasteiger partial charge in [0.1, 0.15) is 23.0 Å². The van der Waals surface area contributed by atoms with Crippen LogP contribution in [0.4, 0.5) is 11.4 Å². The van der Waals surface area contributed by atoms with Crippen molar-refractivity contribution in [3.8, 4) is 23.0 Å². The van der Waals surface area contributed by atoms with Crippen molar-refractivity contribution < 1.29 is 20.4 Å². The van der Waals surface area contributed by atoms with E-state index in [1.807, 2.05) is 116 Å². The van der Waals surface area contributed by atoms with Gasteiger partial charge in [-0.15, -0.1) is 0 Å². The predicted molar refractivity (Wildman–Crippen MR) is 226 cm³/mol. The summed E-state index contributed by atoms with van der Waals surface area (Å²) < 4.78 is 0. The molecule has 0 aliphatic carbocycles. The lowest BCUT2D eigenvalue weighted by Gasteiger charge is -2.20. The van der Waals surface area contributed by atoms with E-state index >= 15 is 0 Å². The number of phenolic OH excluding ortho intramolecular Hbond substituents is 4. The van der Waals surface area contributed by atoms with E-state index in [4.69, 9.17) is 9.98 Å². The summed E-state index contributed by atoms with van der Waals surface area (Å²) in [6.45, 7) is 15.6. The predicted octanol–water partition coefficient (Wildman–Crippen LogP) is 11.6. The smallest absolute Gasteiger partial charge is 0.118 e.